The SMILES string of the molecule is [2H]C([2H])([2H])C(C)(c1cc(NC(=O)Cc2ccc(-c3nc(C(C)C)n4ccnc(N)c34)cc2)no1)C([2H])([2H])[2H]. The van der Waals surface area contributed by atoms with E-state index >= 15 is 0 Å². The standard InChI is InChI=1S/C24H28N6O2/c1-14(2)23-28-20(21-22(25)26-10-11-30(21)23)16-8-6-15(7-9-16)12-19(31)27-18-13-17(32-29-18)24(3,4)5/h6-11,13-14H,12H2,1-5H3,(H2,25,26)(H,27,29,31)/i3D3,4D3. The van der Waals surface area contributed by atoms with E-state index in [2.05, 4.69) is 15.5 Å². The maximum absolute atomic E-state index is 12.6. The van der Waals surface area contributed by atoms with E-state index in [-0.39, 0.29) is 23.9 Å². The normalized spacial score (nSPS) is 15.5. The molecule has 8 nitrogen and oxygen atoms in total. The summed E-state index contributed by atoms with van der Waals surface area (Å²) in [7, 11) is 0. The second-order valence-corrected chi connectivity index (χ2v) is 8.13. The first kappa shape index (κ1) is 15.2. The Kier molecular flexibility index (Phi) is 3.84. The molecule has 0 aliphatic heterocycles. The van der Waals surface area contributed by atoms with Crippen molar-refractivity contribution in [3.05, 3.63) is 59.9 Å². The predicted molar refractivity (Wildman–Crippen MR) is 124 cm³/mol. The monoisotopic (exact) mass is 438 g/mol. The summed E-state index contributed by atoms with van der Waals surface area (Å²) in [5.74, 6) is 0.507. The zero-order chi connectivity index (χ0) is 28.0. The number of anilines is 2. The molecule has 4 rings (SSSR count). The van der Waals surface area contributed by atoms with E-state index in [0.29, 0.717) is 22.6 Å². The maximum Gasteiger partial charge on any atom is 0.230 e. The number of carbonyl (C=O) groups is 1. The minimum Gasteiger partial charge on any atom is -0.382 e. The second kappa shape index (κ2) is 8.11. The third kappa shape index (κ3) is 4.21. The van der Waals surface area contributed by atoms with Crippen LogP contribution < -0.4 is 11.1 Å². The van der Waals surface area contributed by atoms with E-state index in [1.54, 1.807) is 18.3 Å². The van der Waals surface area contributed by atoms with Crippen LogP contribution in [0.15, 0.2) is 47.2 Å². The highest BCUT2D eigenvalue weighted by atomic mass is 16.5. The molecule has 3 heterocycles. The van der Waals surface area contributed by atoms with E-state index in [4.69, 9.17) is 23.5 Å². The summed E-state index contributed by atoms with van der Waals surface area (Å²) < 4.78 is 53.3. The van der Waals surface area contributed by atoms with Gasteiger partial charge in [0.1, 0.15) is 28.6 Å². The molecule has 166 valence electrons. The van der Waals surface area contributed by atoms with Gasteiger partial charge in [0, 0.05) is 43.6 Å². The summed E-state index contributed by atoms with van der Waals surface area (Å²) >= 11 is 0. The summed E-state index contributed by atoms with van der Waals surface area (Å²) in [6.45, 7) is -0.629. The first-order valence-corrected chi connectivity index (χ1v) is 10.1. The molecular formula is C24H28N6O2. The van der Waals surface area contributed by atoms with Gasteiger partial charge in [0.2, 0.25) is 5.91 Å². The van der Waals surface area contributed by atoms with Crippen molar-refractivity contribution in [2.75, 3.05) is 11.1 Å². The van der Waals surface area contributed by atoms with Crippen LogP contribution in [0, 0.1) is 0 Å². The van der Waals surface area contributed by atoms with Crippen LogP contribution in [0.5, 0.6) is 0 Å². The molecule has 0 bridgehead atoms. The van der Waals surface area contributed by atoms with Crippen LogP contribution in [-0.4, -0.2) is 25.4 Å². The van der Waals surface area contributed by atoms with Gasteiger partial charge < -0.3 is 15.6 Å². The molecule has 0 saturated carbocycles. The van der Waals surface area contributed by atoms with Gasteiger partial charge in [-0.05, 0) is 5.56 Å². The Bertz CT molecular complexity index is 1460. The molecule has 3 N–H and O–H groups in total. The molecule has 4 aromatic rings. The highest BCUT2D eigenvalue weighted by Crippen LogP contribution is 2.30. The fourth-order valence-electron chi connectivity index (χ4n) is 3.42. The molecule has 0 radical (unpaired) electrons. The average molecular weight is 439 g/mol. The number of rotatable bonds is 5. The summed E-state index contributed by atoms with van der Waals surface area (Å²) in [5.41, 5.74) is 6.77. The summed E-state index contributed by atoms with van der Waals surface area (Å²) in [6.07, 6.45) is 3.44. The van der Waals surface area contributed by atoms with Crippen molar-refractivity contribution in [1.82, 2.24) is 19.5 Å². The highest BCUT2D eigenvalue weighted by Gasteiger charge is 2.21. The Balaban J connectivity index is 1.52. The van der Waals surface area contributed by atoms with E-state index in [1.807, 2.05) is 36.6 Å². The van der Waals surface area contributed by atoms with Gasteiger partial charge in [0.15, 0.2) is 5.82 Å². The van der Waals surface area contributed by atoms with Gasteiger partial charge in [-0.25, -0.2) is 9.97 Å². The van der Waals surface area contributed by atoms with E-state index in [1.165, 1.54) is 0 Å². The fourth-order valence-corrected chi connectivity index (χ4v) is 3.42. The van der Waals surface area contributed by atoms with Gasteiger partial charge in [0.05, 0.1) is 6.42 Å². The third-order valence-electron chi connectivity index (χ3n) is 4.99. The number of fused-ring (bicyclic) bond motifs is 1. The Morgan fingerprint density at radius 2 is 2.06 bits per heavy atom. The van der Waals surface area contributed by atoms with E-state index < -0.39 is 25.0 Å². The van der Waals surface area contributed by atoms with Crippen LogP contribution in [0.4, 0.5) is 11.6 Å². The first-order valence-electron chi connectivity index (χ1n) is 13.1. The molecule has 0 fully saturated rings. The highest BCUT2D eigenvalue weighted by molar-refractivity contribution is 5.91. The first-order chi connectivity index (χ1) is 17.6. The fraction of sp³-hybridized carbons (Fsp3) is 0.333. The quantitative estimate of drug-likeness (QED) is 0.472. The molecule has 8 heteroatoms. The smallest absolute Gasteiger partial charge is 0.230 e. The van der Waals surface area contributed by atoms with Crippen molar-refractivity contribution in [3.8, 4) is 11.3 Å². The number of benzene rings is 1. The molecule has 1 amide bonds. The predicted octanol–water partition coefficient (Wildman–Crippen LogP) is 4.57. The van der Waals surface area contributed by atoms with Gasteiger partial charge in [-0.2, -0.15) is 0 Å². The van der Waals surface area contributed by atoms with Crippen LogP contribution >= 0.6 is 0 Å². The zero-order valence-electron chi connectivity index (χ0n) is 24.0. The molecular weight excluding hydrogens is 404 g/mol. The number of aromatic nitrogens is 4. The van der Waals surface area contributed by atoms with Gasteiger partial charge in [0.25, 0.3) is 0 Å². The molecule has 1 aromatic carbocycles. The van der Waals surface area contributed by atoms with Crippen molar-refractivity contribution in [2.45, 2.75) is 52.2 Å². The van der Waals surface area contributed by atoms with Gasteiger partial charge in [-0.1, -0.05) is 63.9 Å². The molecule has 3 aromatic heterocycles. The molecule has 0 aliphatic carbocycles. The molecule has 0 aliphatic rings. The summed E-state index contributed by atoms with van der Waals surface area (Å²) in [4.78, 5) is 21.6. The molecule has 0 saturated heterocycles. The van der Waals surface area contributed by atoms with Crippen LogP contribution in [0.1, 0.15) is 65.8 Å². The van der Waals surface area contributed by atoms with Crippen molar-refractivity contribution in [2.24, 2.45) is 0 Å². The zero-order valence-corrected chi connectivity index (χ0v) is 18.0. The van der Waals surface area contributed by atoms with E-state index in [9.17, 15) is 4.79 Å². The lowest BCUT2D eigenvalue weighted by atomic mass is 9.93. The Morgan fingerprint density at radius 3 is 2.75 bits per heavy atom. The van der Waals surface area contributed by atoms with Crippen molar-refractivity contribution >= 4 is 23.1 Å². The number of carbonyl (C=O) groups excluding carboxylic acids is 1. The van der Waals surface area contributed by atoms with E-state index in [0.717, 1.165) is 24.4 Å². The number of hydrogen-bond acceptors (Lipinski definition) is 6. The number of nitrogens with one attached hydrogen (secondary N) is 1. The van der Waals surface area contributed by atoms with Crippen LogP contribution in [0.2, 0.25) is 0 Å². The lowest BCUT2D eigenvalue weighted by Gasteiger charge is -2.12. The Morgan fingerprint density at radius 1 is 1.31 bits per heavy atom. The molecule has 32 heavy (non-hydrogen) atoms. The topological polar surface area (TPSA) is 111 Å². The molecule has 0 unspecified atom stereocenters. The lowest BCUT2D eigenvalue weighted by molar-refractivity contribution is -0.115. The molecule has 0 atom stereocenters. The minimum atomic E-state index is -2.89. The minimum absolute atomic E-state index is 0.0108. The van der Waals surface area contributed by atoms with Crippen molar-refractivity contribution in [3.63, 3.8) is 0 Å². The maximum atomic E-state index is 12.6. The third-order valence-corrected chi connectivity index (χ3v) is 4.99. The number of nitrogens with two attached hydrogens (primary N) is 1. The van der Waals surface area contributed by atoms with Crippen LogP contribution in [0.3, 0.4) is 0 Å². The lowest BCUT2D eigenvalue weighted by Crippen LogP contribution is -2.14. The Hall–Kier alpha value is -3.68. The van der Waals surface area contributed by atoms with Gasteiger partial charge in [-0.15, -0.1) is 0 Å². The summed E-state index contributed by atoms with van der Waals surface area (Å²) in [5, 5.41) is 6.19. The largest absolute Gasteiger partial charge is 0.382 e. The van der Waals surface area contributed by atoms with Crippen LogP contribution in [0.25, 0.3) is 16.8 Å². The second-order valence-electron chi connectivity index (χ2n) is 8.13. The van der Waals surface area contributed by atoms with Gasteiger partial charge >= 0.3 is 0 Å². The average Bonchev–Trinajstić information content (AvgIpc) is 3.43. The van der Waals surface area contributed by atoms with Crippen molar-refractivity contribution < 1.29 is 17.5 Å². The number of hydrogen-bond donors (Lipinski definition) is 2. The number of amides is 1. The summed E-state index contributed by atoms with van der Waals surface area (Å²) in [6, 6.07) is 8.39. The number of nitrogens with zero attached hydrogens (tertiary/aromatic N) is 4. The number of nitrogen functional groups attached to an aromatic ring is 1. The Labute approximate surface area is 195 Å². The van der Waals surface area contributed by atoms with Crippen LogP contribution in [-0.2, 0) is 16.6 Å². The number of imidazole rings is 1. The molecule has 0 spiro atoms. The van der Waals surface area contributed by atoms with Gasteiger partial charge in [-0.3, -0.25) is 9.20 Å². The van der Waals surface area contributed by atoms with Crippen molar-refractivity contribution in [1.29, 1.82) is 0 Å².